The largest absolute Gasteiger partial charge is 0.397 e. The van der Waals surface area contributed by atoms with Gasteiger partial charge in [-0.15, -0.1) is 0 Å². The molecule has 1 amide bonds. The molecule has 2 aromatic rings. The van der Waals surface area contributed by atoms with E-state index in [1.54, 1.807) is 12.1 Å². The van der Waals surface area contributed by atoms with Crippen molar-refractivity contribution in [3.63, 3.8) is 0 Å². The molecule has 3 N–H and O–H groups in total. The van der Waals surface area contributed by atoms with Crippen LogP contribution in [-0.4, -0.2) is 5.91 Å². The van der Waals surface area contributed by atoms with Crippen molar-refractivity contribution in [2.45, 2.75) is 27.7 Å². The topological polar surface area (TPSA) is 55.1 Å². The molecule has 0 aliphatic rings. The highest BCUT2D eigenvalue weighted by atomic mass is 16.1. The number of rotatable bonds is 3. The van der Waals surface area contributed by atoms with E-state index < -0.39 is 0 Å². The van der Waals surface area contributed by atoms with Gasteiger partial charge in [0.15, 0.2) is 0 Å². The Labute approximate surface area is 138 Å². The monoisotopic (exact) mass is 308 g/mol. The molecule has 0 heterocycles. The van der Waals surface area contributed by atoms with E-state index in [1.165, 1.54) is 5.57 Å². The molecule has 0 saturated carbocycles. The van der Waals surface area contributed by atoms with Gasteiger partial charge in [0.1, 0.15) is 0 Å². The number of amides is 1. The third kappa shape index (κ3) is 4.71. The summed E-state index contributed by atoms with van der Waals surface area (Å²) in [7, 11) is 0. The standard InChI is InChI=1S/C20H24N2O/c1-14(13-20(2,3)4)15-9-11-16(12-10-15)19(23)22-18-8-6-5-7-17(18)21/h5-13H,21H2,1-4H3,(H,22,23)/b14-13+. The maximum absolute atomic E-state index is 12.3. The van der Waals surface area contributed by atoms with E-state index in [0.29, 0.717) is 16.9 Å². The van der Waals surface area contributed by atoms with Gasteiger partial charge in [-0.1, -0.05) is 51.1 Å². The van der Waals surface area contributed by atoms with Crippen molar-refractivity contribution in [1.82, 2.24) is 0 Å². The first kappa shape index (κ1) is 16.8. The van der Waals surface area contributed by atoms with E-state index in [2.05, 4.69) is 39.1 Å². The van der Waals surface area contributed by atoms with E-state index in [1.807, 2.05) is 36.4 Å². The predicted molar refractivity (Wildman–Crippen MR) is 98.4 cm³/mol. The van der Waals surface area contributed by atoms with Crippen LogP contribution in [0.15, 0.2) is 54.6 Å². The van der Waals surface area contributed by atoms with Crippen LogP contribution in [0.2, 0.25) is 0 Å². The summed E-state index contributed by atoms with van der Waals surface area (Å²) in [6.45, 7) is 8.60. The maximum atomic E-state index is 12.3. The number of allylic oxidation sites excluding steroid dienone is 2. The number of nitrogen functional groups attached to an aromatic ring is 1. The number of para-hydroxylation sites is 2. The van der Waals surface area contributed by atoms with Gasteiger partial charge in [0.2, 0.25) is 0 Å². The van der Waals surface area contributed by atoms with Gasteiger partial charge < -0.3 is 11.1 Å². The normalized spacial score (nSPS) is 12.1. The minimum Gasteiger partial charge on any atom is -0.397 e. The summed E-state index contributed by atoms with van der Waals surface area (Å²) in [4.78, 5) is 12.3. The number of nitrogens with one attached hydrogen (secondary N) is 1. The first-order chi connectivity index (χ1) is 10.8. The van der Waals surface area contributed by atoms with E-state index in [4.69, 9.17) is 5.73 Å². The second-order valence-corrected chi connectivity index (χ2v) is 6.81. The molecule has 0 aliphatic heterocycles. The number of hydrogen-bond donors (Lipinski definition) is 2. The highest BCUT2D eigenvalue weighted by Gasteiger charge is 2.10. The van der Waals surface area contributed by atoms with E-state index in [9.17, 15) is 4.79 Å². The van der Waals surface area contributed by atoms with Crippen molar-refractivity contribution in [2.75, 3.05) is 11.1 Å². The number of anilines is 2. The highest BCUT2D eigenvalue weighted by molar-refractivity contribution is 6.05. The molecule has 0 fully saturated rings. The van der Waals surface area contributed by atoms with Gasteiger partial charge in [-0.25, -0.2) is 0 Å². The van der Waals surface area contributed by atoms with Crippen molar-refractivity contribution in [2.24, 2.45) is 5.41 Å². The van der Waals surface area contributed by atoms with Crippen LogP contribution in [0.5, 0.6) is 0 Å². The summed E-state index contributed by atoms with van der Waals surface area (Å²) in [6.07, 6.45) is 2.23. The number of benzene rings is 2. The zero-order chi connectivity index (χ0) is 17.0. The Morgan fingerprint density at radius 2 is 1.57 bits per heavy atom. The van der Waals surface area contributed by atoms with Crippen molar-refractivity contribution in [3.05, 3.63) is 65.7 Å². The summed E-state index contributed by atoms with van der Waals surface area (Å²) in [5.41, 5.74) is 10.1. The fourth-order valence-corrected chi connectivity index (χ4v) is 2.42. The quantitative estimate of drug-likeness (QED) is 0.786. The van der Waals surface area contributed by atoms with Crippen molar-refractivity contribution in [1.29, 1.82) is 0 Å². The first-order valence-electron chi connectivity index (χ1n) is 7.72. The number of hydrogen-bond acceptors (Lipinski definition) is 2. The van der Waals surface area contributed by atoms with Crippen LogP contribution in [0.25, 0.3) is 5.57 Å². The minimum absolute atomic E-state index is 0.130. The van der Waals surface area contributed by atoms with Crippen molar-refractivity contribution >= 4 is 22.9 Å². The third-order valence-corrected chi connectivity index (χ3v) is 3.46. The highest BCUT2D eigenvalue weighted by Crippen LogP contribution is 2.24. The molecular formula is C20H24N2O. The maximum Gasteiger partial charge on any atom is 0.255 e. The Bertz CT molecular complexity index is 722. The molecule has 3 nitrogen and oxygen atoms in total. The Balaban J connectivity index is 2.15. The lowest BCUT2D eigenvalue weighted by atomic mass is 9.91. The molecule has 0 unspecified atom stereocenters. The van der Waals surface area contributed by atoms with Gasteiger partial charge in [-0.2, -0.15) is 0 Å². The molecule has 0 aliphatic carbocycles. The second-order valence-electron chi connectivity index (χ2n) is 6.81. The SMILES string of the molecule is C/C(=C\C(C)(C)C)c1ccc(C(=O)Nc2ccccc2N)cc1. The molecule has 0 atom stereocenters. The first-order valence-corrected chi connectivity index (χ1v) is 7.72. The Kier molecular flexibility index (Phi) is 4.89. The van der Waals surface area contributed by atoms with Gasteiger partial charge in [-0.3, -0.25) is 4.79 Å². The predicted octanol–water partition coefficient (Wildman–Crippen LogP) is 4.97. The average Bonchev–Trinajstić information content (AvgIpc) is 2.48. The number of nitrogens with two attached hydrogens (primary N) is 1. The smallest absolute Gasteiger partial charge is 0.255 e. The second kappa shape index (κ2) is 6.69. The lowest BCUT2D eigenvalue weighted by Crippen LogP contribution is -2.13. The van der Waals surface area contributed by atoms with Gasteiger partial charge in [0.25, 0.3) is 5.91 Å². The molecule has 0 bridgehead atoms. The van der Waals surface area contributed by atoms with Crippen molar-refractivity contribution in [3.8, 4) is 0 Å². The molecule has 120 valence electrons. The van der Waals surface area contributed by atoms with Crippen LogP contribution in [0.3, 0.4) is 0 Å². The van der Waals surface area contributed by atoms with Gasteiger partial charge >= 0.3 is 0 Å². The summed E-state index contributed by atoms with van der Waals surface area (Å²) in [5.74, 6) is -0.160. The molecule has 2 rings (SSSR count). The molecule has 0 saturated heterocycles. The number of carbonyl (C=O) groups is 1. The molecule has 3 heteroatoms. The molecule has 23 heavy (non-hydrogen) atoms. The zero-order valence-corrected chi connectivity index (χ0v) is 14.2. The molecular weight excluding hydrogens is 284 g/mol. The average molecular weight is 308 g/mol. The Hall–Kier alpha value is -2.55. The molecule has 2 aromatic carbocycles. The van der Waals surface area contributed by atoms with E-state index in [0.717, 1.165) is 5.56 Å². The summed E-state index contributed by atoms with van der Waals surface area (Å²) in [5, 5.41) is 2.83. The summed E-state index contributed by atoms with van der Waals surface area (Å²) >= 11 is 0. The van der Waals surface area contributed by atoms with Crippen LogP contribution in [0.1, 0.15) is 43.6 Å². The van der Waals surface area contributed by atoms with Crippen LogP contribution in [0.4, 0.5) is 11.4 Å². The van der Waals surface area contributed by atoms with Crippen LogP contribution in [-0.2, 0) is 0 Å². The van der Waals surface area contributed by atoms with Crippen LogP contribution < -0.4 is 11.1 Å². The third-order valence-electron chi connectivity index (χ3n) is 3.46. The lowest BCUT2D eigenvalue weighted by molar-refractivity contribution is 0.102. The lowest BCUT2D eigenvalue weighted by Gasteiger charge is -2.14. The van der Waals surface area contributed by atoms with Crippen LogP contribution in [0, 0.1) is 5.41 Å². The van der Waals surface area contributed by atoms with Crippen LogP contribution >= 0.6 is 0 Å². The van der Waals surface area contributed by atoms with E-state index in [-0.39, 0.29) is 11.3 Å². The molecule has 0 spiro atoms. The molecule has 0 aromatic heterocycles. The van der Waals surface area contributed by atoms with Gasteiger partial charge in [0.05, 0.1) is 11.4 Å². The summed E-state index contributed by atoms with van der Waals surface area (Å²) in [6, 6.07) is 14.9. The fraction of sp³-hybridized carbons (Fsp3) is 0.250. The minimum atomic E-state index is -0.160. The number of carbonyl (C=O) groups excluding carboxylic acids is 1. The zero-order valence-electron chi connectivity index (χ0n) is 14.2. The summed E-state index contributed by atoms with van der Waals surface area (Å²) < 4.78 is 0. The van der Waals surface area contributed by atoms with Gasteiger partial charge in [0, 0.05) is 5.56 Å². The molecule has 0 radical (unpaired) electrons. The van der Waals surface area contributed by atoms with Gasteiger partial charge in [-0.05, 0) is 47.7 Å². The Morgan fingerprint density at radius 3 is 2.13 bits per heavy atom. The van der Waals surface area contributed by atoms with Crippen molar-refractivity contribution < 1.29 is 4.79 Å². The Morgan fingerprint density at radius 1 is 1.00 bits per heavy atom. The van der Waals surface area contributed by atoms with E-state index >= 15 is 0 Å². The fourth-order valence-electron chi connectivity index (χ4n) is 2.42.